The Morgan fingerprint density at radius 2 is 2.29 bits per heavy atom. The van der Waals surface area contributed by atoms with Gasteiger partial charge in [0.05, 0.1) is 23.1 Å². The molecule has 110 valence electrons. The quantitative estimate of drug-likeness (QED) is 0.926. The molecule has 0 aromatic carbocycles. The fraction of sp³-hybridized carbons (Fsp3) is 0.308. The highest BCUT2D eigenvalue weighted by Crippen LogP contribution is 2.26. The lowest BCUT2D eigenvalue weighted by molar-refractivity contribution is -0.119. The molecule has 0 bridgehead atoms. The molecule has 21 heavy (non-hydrogen) atoms. The minimum atomic E-state index is -3.06. The van der Waals surface area contributed by atoms with Crippen molar-refractivity contribution < 1.29 is 13.2 Å². The van der Waals surface area contributed by atoms with Gasteiger partial charge in [0.2, 0.25) is 5.91 Å². The van der Waals surface area contributed by atoms with E-state index in [1.807, 2.05) is 17.5 Å². The Morgan fingerprint density at radius 1 is 1.43 bits per heavy atom. The van der Waals surface area contributed by atoms with Crippen LogP contribution < -0.4 is 5.32 Å². The van der Waals surface area contributed by atoms with E-state index in [4.69, 9.17) is 0 Å². The normalized spacial score (nSPS) is 20.3. The Bertz CT molecular complexity index is 756. The zero-order chi connectivity index (χ0) is 14.9. The third kappa shape index (κ3) is 3.27. The monoisotopic (exact) mass is 323 g/mol. The number of sulfone groups is 1. The molecule has 1 saturated heterocycles. The molecule has 0 spiro atoms. The maximum Gasteiger partial charge on any atom is 0.230 e. The molecular weight excluding hydrogens is 310 g/mol. The van der Waals surface area contributed by atoms with Crippen LogP contribution in [0.15, 0.2) is 29.9 Å². The molecule has 2 aromatic heterocycles. The predicted octanol–water partition coefficient (Wildman–Crippen LogP) is 1.58. The standard InChI is InChI=1S/C13H13N3O3S2/c17-12(10-3-5-21(18,19)8-10)16-13-15-11(7-20-13)9-2-1-4-14-6-9/h1-2,4,6-7,10H,3,5,8H2,(H,15,16,17). The van der Waals surface area contributed by atoms with Gasteiger partial charge in [-0.2, -0.15) is 0 Å². The summed E-state index contributed by atoms with van der Waals surface area (Å²) in [5, 5.41) is 5.00. The van der Waals surface area contributed by atoms with Gasteiger partial charge in [-0.15, -0.1) is 11.3 Å². The molecule has 1 aliphatic heterocycles. The Kier molecular flexibility index (Phi) is 3.73. The SMILES string of the molecule is O=C(Nc1nc(-c2cccnc2)cs1)C1CCS(=O)(=O)C1. The van der Waals surface area contributed by atoms with Gasteiger partial charge in [-0.3, -0.25) is 9.78 Å². The van der Waals surface area contributed by atoms with Crippen LogP contribution in [0.5, 0.6) is 0 Å². The van der Waals surface area contributed by atoms with E-state index in [2.05, 4.69) is 15.3 Å². The van der Waals surface area contributed by atoms with E-state index in [9.17, 15) is 13.2 Å². The van der Waals surface area contributed by atoms with Gasteiger partial charge in [0.1, 0.15) is 0 Å². The molecule has 3 heterocycles. The number of aromatic nitrogens is 2. The molecular formula is C13H13N3O3S2. The van der Waals surface area contributed by atoms with Crippen LogP contribution >= 0.6 is 11.3 Å². The number of thiazole rings is 1. The van der Waals surface area contributed by atoms with Crippen molar-refractivity contribution in [2.24, 2.45) is 5.92 Å². The Morgan fingerprint density at radius 3 is 2.95 bits per heavy atom. The van der Waals surface area contributed by atoms with Gasteiger partial charge in [-0.25, -0.2) is 13.4 Å². The summed E-state index contributed by atoms with van der Waals surface area (Å²) in [5.74, 6) is -0.729. The van der Waals surface area contributed by atoms with Gasteiger partial charge in [-0.05, 0) is 18.6 Å². The van der Waals surface area contributed by atoms with Crippen LogP contribution in [0.3, 0.4) is 0 Å². The van der Waals surface area contributed by atoms with Crippen molar-refractivity contribution in [1.82, 2.24) is 9.97 Å². The van der Waals surface area contributed by atoms with E-state index in [-0.39, 0.29) is 17.4 Å². The Labute approximate surface area is 126 Å². The molecule has 2 aromatic rings. The number of rotatable bonds is 3. The van der Waals surface area contributed by atoms with E-state index in [1.54, 1.807) is 12.4 Å². The molecule has 1 fully saturated rings. The first-order valence-corrected chi connectivity index (χ1v) is 9.11. The van der Waals surface area contributed by atoms with Crippen LogP contribution in [-0.2, 0) is 14.6 Å². The summed E-state index contributed by atoms with van der Waals surface area (Å²) in [6, 6.07) is 3.70. The molecule has 1 amide bonds. The number of nitrogens with zero attached hydrogens (tertiary/aromatic N) is 2. The average Bonchev–Trinajstić information content (AvgIpc) is 3.06. The molecule has 1 N–H and O–H groups in total. The van der Waals surface area contributed by atoms with Crippen molar-refractivity contribution in [2.45, 2.75) is 6.42 Å². The lowest BCUT2D eigenvalue weighted by Gasteiger charge is -2.06. The van der Waals surface area contributed by atoms with E-state index in [0.717, 1.165) is 11.3 Å². The zero-order valence-electron chi connectivity index (χ0n) is 11.0. The van der Waals surface area contributed by atoms with Gasteiger partial charge in [0, 0.05) is 23.3 Å². The number of carbonyl (C=O) groups is 1. The summed E-state index contributed by atoms with van der Waals surface area (Å²) in [6.07, 6.45) is 3.76. The molecule has 0 radical (unpaired) electrons. The first-order valence-electron chi connectivity index (χ1n) is 6.41. The lowest BCUT2D eigenvalue weighted by atomic mass is 10.1. The maximum atomic E-state index is 12.0. The second-order valence-electron chi connectivity index (χ2n) is 4.87. The highest BCUT2D eigenvalue weighted by Gasteiger charge is 2.33. The highest BCUT2D eigenvalue weighted by atomic mass is 32.2. The number of hydrogen-bond acceptors (Lipinski definition) is 6. The fourth-order valence-electron chi connectivity index (χ4n) is 2.19. The van der Waals surface area contributed by atoms with E-state index >= 15 is 0 Å². The Hall–Kier alpha value is -1.80. The van der Waals surface area contributed by atoms with Gasteiger partial charge in [0.25, 0.3) is 0 Å². The van der Waals surface area contributed by atoms with Crippen molar-refractivity contribution in [1.29, 1.82) is 0 Å². The van der Waals surface area contributed by atoms with E-state index < -0.39 is 15.8 Å². The van der Waals surface area contributed by atoms with Crippen LogP contribution in [0.25, 0.3) is 11.3 Å². The summed E-state index contributed by atoms with van der Waals surface area (Å²) in [6.45, 7) is 0. The van der Waals surface area contributed by atoms with Crippen LogP contribution in [0.4, 0.5) is 5.13 Å². The topological polar surface area (TPSA) is 89.0 Å². The maximum absolute atomic E-state index is 12.0. The van der Waals surface area contributed by atoms with Gasteiger partial charge in [-0.1, -0.05) is 0 Å². The number of anilines is 1. The minimum absolute atomic E-state index is 0.0698. The van der Waals surface area contributed by atoms with Crippen molar-refractivity contribution in [2.75, 3.05) is 16.8 Å². The second-order valence-corrected chi connectivity index (χ2v) is 7.96. The van der Waals surface area contributed by atoms with E-state index in [1.165, 1.54) is 11.3 Å². The van der Waals surface area contributed by atoms with Crippen LogP contribution in [0.2, 0.25) is 0 Å². The van der Waals surface area contributed by atoms with Crippen molar-refractivity contribution in [3.05, 3.63) is 29.9 Å². The summed E-state index contributed by atoms with van der Waals surface area (Å²) in [5.41, 5.74) is 1.61. The summed E-state index contributed by atoms with van der Waals surface area (Å²) in [4.78, 5) is 20.4. The van der Waals surface area contributed by atoms with Crippen LogP contribution in [-0.4, -0.2) is 35.8 Å². The fourth-order valence-corrected chi connectivity index (χ4v) is 4.65. The number of amides is 1. The molecule has 0 saturated carbocycles. The van der Waals surface area contributed by atoms with Crippen LogP contribution in [0.1, 0.15) is 6.42 Å². The highest BCUT2D eigenvalue weighted by molar-refractivity contribution is 7.91. The van der Waals surface area contributed by atoms with Crippen molar-refractivity contribution in [3.8, 4) is 11.3 Å². The molecule has 0 aliphatic carbocycles. The van der Waals surface area contributed by atoms with Crippen LogP contribution in [0, 0.1) is 5.92 Å². The first-order chi connectivity index (χ1) is 10.0. The number of hydrogen-bond donors (Lipinski definition) is 1. The summed E-state index contributed by atoms with van der Waals surface area (Å²) >= 11 is 1.31. The zero-order valence-corrected chi connectivity index (χ0v) is 12.7. The Balaban J connectivity index is 1.69. The number of nitrogens with one attached hydrogen (secondary N) is 1. The summed E-state index contributed by atoms with van der Waals surface area (Å²) in [7, 11) is -3.06. The molecule has 3 rings (SSSR count). The smallest absolute Gasteiger partial charge is 0.230 e. The van der Waals surface area contributed by atoms with Crippen molar-refractivity contribution in [3.63, 3.8) is 0 Å². The third-order valence-corrected chi connectivity index (χ3v) is 5.82. The molecule has 1 atom stereocenters. The van der Waals surface area contributed by atoms with E-state index in [0.29, 0.717) is 11.6 Å². The summed E-state index contributed by atoms with van der Waals surface area (Å²) < 4.78 is 22.8. The second kappa shape index (κ2) is 5.53. The van der Waals surface area contributed by atoms with Crippen molar-refractivity contribution >= 4 is 32.2 Å². The number of pyridine rings is 1. The minimum Gasteiger partial charge on any atom is -0.302 e. The molecule has 1 unspecified atom stereocenters. The van der Waals surface area contributed by atoms with Gasteiger partial charge >= 0.3 is 0 Å². The van der Waals surface area contributed by atoms with Gasteiger partial charge < -0.3 is 5.32 Å². The first kappa shape index (κ1) is 14.2. The predicted molar refractivity (Wildman–Crippen MR) is 80.7 cm³/mol. The number of carbonyl (C=O) groups excluding carboxylic acids is 1. The molecule has 1 aliphatic rings. The molecule has 6 nitrogen and oxygen atoms in total. The average molecular weight is 323 g/mol. The third-order valence-electron chi connectivity index (χ3n) is 3.29. The largest absolute Gasteiger partial charge is 0.302 e. The van der Waals surface area contributed by atoms with Gasteiger partial charge in [0.15, 0.2) is 15.0 Å². The molecule has 8 heteroatoms. The lowest BCUT2D eigenvalue weighted by Crippen LogP contribution is -2.23.